The summed E-state index contributed by atoms with van der Waals surface area (Å²) >= 11 is 6.24. The highest BCUT2D eigenvalue weighted by atomic mass is 35.5. The summed E-state index contributed by atoms with van der Waals surface area (Å²) in [6, 6.07) is 16.1. The van der Waals surface area contributed by atoms with Gasteiger partial charge < -0.3 is 5.32 Å². The fraction of sp³-hybridized carbons (Fsp3) is 0.120. The van der Waals surface area contributed by atoms with Gasteiger partial charge in [-0.15, -0.1) is 0 Å². The molecule has 0 spiro atoms. The van der Waals surface area contributed by atoms with Crippen LogP contribution in [0.3, 0.4) is 0 Å². The third kappa shape index (κ3) is 3.99. The van der Waals surface area contributed by atoms with Gasteiger partial charge in [-0.1, -0.05) is 23.7 Å². The number of non-ortho nitro benzene ring substituents is 1. The van der Waals surface area contributed by atoms with Crippen LogP contribution in [0.1, 0.15) is 22.3 Å². The van der Waals surface area contributed by atoms with Crippen LogP contribution in [-0.2, 0) is 9.59 Å². The fourth-order valence-electron chi connectivity index (χ4n) is 3.64. The zero-order chi connectivity index (χ0) is 23.9. The maximum absolute atomic E-state index is 13.5. The molecule has 33 heavy (non-hydrogen) atoms. The molecule has 1 heterocycles. The number of aryl methyl sites for hydroxylation is 2. The molecule has 0 atom stereocenters. The Morgan fingerprint density at radius 1 is 0.909 bits per heavy atom. The van der Waals surface area contributed by atoms with Crippen molar-refractivity contribution in [2.45, 2.75) is 20.8 Å². The van der Waals surface area contributed by atoms with Gasteiger partial charge in [0.2, 0.25) is 0 Å². The van der Waals surface area contributed by atoms with E-state index >= 15 is 0 Å². The van der Waals surface area contributed by atoms with Crippen LogP contribution in [0.25, 0.3) is 5.57 Å². The smallest absolute Gasteiger partial charge is 0.282 e. The second-order valence-electron chi connectivity index (χ2n) is 7.81. The lowest BCUT2D eigenvalue weighted by atomic mass is 10.0. The predicted molar refractivity (Wildman–Crippen MR) is 128 cm³/mol. The first-order valence-corrected chi connectivity index (χ1v) is 10.5. The molecule has 1 N–H and O–H groups in total. The van der Waals surface area contributed by atoms with Crippen molar-refractivity contribution in [3.05, 3.63) is 104 Å². The van der Waals surface area contributed by atoms with Crippen molar-refractivity contribution < 1.29 is 14.5 Å². The number of carbonyl (C=O) groups is 2. The van der Waals surface area contributed by atoms with E-state index in [1.807, 2.05) is 19.9 Å². The topological polar surface area (TPSA) is 92.6 Å². The summed E-state index contributed by atoms with van der Waals surface area (Å²) in [5.41, 5.74) is 4.23. The third-order valence-electron chi connectivity index (χ3n) is 5.73. The second-order valence-corrected chi connectivity index (χ2v) is 8.21. The molecule has 0 saturated carbocycles. The van der Waals surface area contributed by atoms with Crippen LogP contribution in [0.4, 0.5) is 17.1 Å². The Morgan fingerprint density at radius 2 is 1.61 bits per heavy atom. The SMILES string of the molecule is Cc1ccc(N2C(=O)C(Nc3cccc(Cl)c3C)=C(c3ccc([N+](=O)[O-])cc3)C2=O)cc1C. The summed E-state index contributed by atoms with van der Waals surface area (Å²) in [5, 5.41) is 14.7. The fourth-order valence-corrected chi connectivity index (χ4v) is 3.81. The molecule has 166 valence electrons. The van der Waals surface area contributed by atoms with Crippen LogP contribution in [0, 0.1) is 30.9 Å². The van der Waals surface area contributed by atoms with Crippen LogP contribution in [0.5, 0.6) is 0 Å². The number of carbonyl (C=O) groups excluding carboxylic acids is 2. The van der Waals surface area contributed by atoms with Gasteiger partial charge in [0.15, 0.2) is 0 Å². The molecule has 2 amide bonds. The zero-order valence-corrected chi connectivity index (χ0v) is 18.9. The van der Waals surface area contributed by atoms with Crippen molar-refractivity contribution in [1.82, 2.24) is 0 Å². The van der Waals surface area contributed by atoms with Crippen molar-refractivity contribution >= 4 is 46.1 Å². The maximum Gasteiger partial charge on any atom is 0.282 e. The first-order chi connectivity index (χ1) is 15.7. The van der Waals surface area contributed by atoms with E-state index in [1.165, 1.54) is 24.3 Å². The summed E-state index contributed by atoms with van der Waals surface area (Å²) in [6.45, 7) is 5.66. The standard InChI is InChI=1S/C25H20ClN3O4/c1-14-7-10-19(13-15(14)2)28-24(30)22(17-8-11-18(12-9-17)29(32)33)23(25(28)31)27-21-6-4-5-20(26)16(21)3/h4-13,27H,1-3H3. The molecule has 8 heteroatoms. The van der Waals surface area contributed by atoms with Gasteiger partial charge in [0.05, 0.1) is 16.2 Å². The number of nitrogens with one attached hydrogen (secondary N) is 1. The molecule has 7 nitrogen and oxygen atoms in total. The zero-order valence-electron chi connectivity index (χ0n) is 18.2. The first kappa shape index (κ1) is 22.2. The van der Waals surface area contributed by atoms with Crippen LogP contribution in [0.2, 0.25) is 5.02 Å². The Bertz CT molecular complexity index is 1350. The number of hydrogen-bond donors (Lipinski definition) is 1. The number of halogens is 1. The summed E-state index contributed by atoms with van der Waals surface area (Å²) in [7, 11) is 0. The largest absolute Gasteiger partial charge is 0.350 e. The average Bonchev–Trinajstić information content (AvgIpc) is 3.03. The van der Waals surface area contributed by atoms with E-state index in [4.69, 9.17) is 11.6 Å². The monoisotopic (exact) mass is 461 g/mol. The Balaban J connectivity index is 1.85. The van der Waals surface area contributed by atoms with Gasteiger partial charge in [-0.3, -0.25) is 19.7 Å². The van der Waals surface area contributed by atoms with Gasteiger partial charge in [0.1, 0.15) is 5.70 Å². The number of benzene rings is 3. The van der Waals surface area contributed by atoms with E-state index in [-0.39, 0.29) is 17.0 Å². The van der Waals surface area contributed by atoms with E-state index in [0.717, 1.165) is 21.6 Å². The highest BCUT2D eigenvalue weighted by Crippen LogP contribution is 2.36. The lowest BCUT2D eigenvalue weighted by molar-refractivity contribution is -0.384. The minimum Gasteiger partial charge on any atom is -0.350 e. The van der Waals surface area contributed by atoms with Crippen molar-refractivity contribution in [1.29, 1.82) is 0 Å². The molecule has 0 unspecified atom stereocenters. The van der Waals surface area contributed by atoms with Crippen LogP contribution in [-0.4, -0.2) is 16.7 Å². The number of nitrogens with zero attached hydrogens (tertiary/aromatic N) is 2. The summed E-state index contributed by atoms with van der Waals surface area (Å²) in [4.78, 5) is 38.7. The lowest BCUT2D eigenvalue weighted by Gasteiger charge is -2.17. The van der Waals surface area contributed by atoms with E-state index in [9.17, 15) is 19.7 Å². The Labute approximate surface area is 195 Å². The van der Waals surface area contributed by atoms with Crippen molar-refractivity contribution in [3.63, 3.8) is 0 Å². The summed E-state index contributed by atoms with van der Waals surface area (Å²) in [6.07, 6.45) is 0. The number of rotatable bonds is 5. The van der Waals surface area contributed by atoms with Crippen molar-refractivity contribution in [2.24, 2.45) is 0 Å². The molecule has 4 rings (SSSR count). The Hall–Kier alpha value is -3.97. The van der Waals surface area contributed by atoms with Gasteiger partial charge in [0.25, 0.3) is 17.5 Å². The van der Waals surface area contributed by atoms with E-state index in [1.54, 1.807) is 37.3 Å². The Morgan fingerprint density at radius 3 is 2.24 bits per heavy atom. The Kier molecular flexibility index (Phi) is 5.74. The molecule has 0 bridgehead atoms. The number of anilines is 2. The molecule has 3 aromatic rings. The molecule has 1 aliphatic heterocycles. The highest BCUT2D eigenvalue weighted by molar-refractivity contribution is 6.46. The summed E-state index contributed by atoms with van der Waals surface area (Å²) < 4.78 is 0. The average molecular weight is 462 g/mol. The maximum atomic E-state index is 13.5. The van der Waals surface area contributed by atoms with E-state index < -0.39 is 16.7 Å². The highest BCUT2D eigenvalue weighted by Gasteiger charge is 2.40. The number of nitro groups is 1. The number of amides is 2. The van der Waals surface area contributed by atoms with Crippen molar-refractivity contribution in [3.8, 4) is 0 Å². The van der Waals surface area contributed by atoms with Gasteiger partial charge >= 0.3 is 0 Å². The molecular weight excluding hydrogens is 442 g/mol. The second kappa shape index (κ2) is 8.52. The third-order valence-corrected chi connectivity index (χ3v) is 6.14. The van der Waals surface area contributed by atoms with Gasteiger partial charge in [0, 0.05) is 22.8 Å². The van der Waals surface area contributed by atoms with E-state index in [0.29, 0.717) is 22.0 Å². The number of imide groups is 1. The first-order valence-electron chi connectivity index (χ1n) is 10.2. The van der Waals surface area contributed by atoms with Crippen LogP contribution in [0.15, 0.2) is 66.4 Å². The number of hydrogen-bond acceptors (Lipinski definition) is 5. The van der Waals surface area contributed by atoms with Crippen molar-refractivity contribution in [2.75, 3.05) is 10.2 Å². The minimum atomic E-state index is -0.518. The van der Waals surface area contributed by atoms with Crippen LogP contribution < -0.4 is 10.2 Å². The van der Waals surface area contributed by atoms with Gasteiger partial charge in [-0.25, -0.2) is 4.90 Å². The molecule has 3 aromatic carbocycles. The molecule has 0 fully saturated rings. The normalized spacial score (nSPS) is 13.6. The lowest BCUT2D eigenvalue weighted by Crippen LogP contribution is -2.32. The minimum absolute atomic E-state index is 0.0810. The molecule has 1 aliphatic rings. The van der Waals surface area contributed by atoms with E-state index in [2.05, 4.69) is 5.32 Å². The summed E-state index contributed by atoms with van der Waals surface area (Å²) in [5.74, 6) is -1.03. The molecule has 0 aromatic heterocycles. The molecule has 0 aliphatic carbocycles. The molecular formula is C25H20ClN3O4. The molecule has 0 saturated heterocycles. The van der Waals surface area contributed by atoms with Crippen LogP contribution >= 0.6 is 11.6 Å². The number of nitro benzene ring substituents is 1. The van der Waals surface area contributed by atoms with Gasteiger partial charge in [-0.2, -0.15) is 0 Å². The van der Waals surface area contributed by atoms with Gasteiger partial charge in [-0.05, 0) is 79.4 Å². The molecule has 0 radical (unpaired) electrons. The quantitative estimate of drug-likeness (QED) is 0.304. The predicted octanol–water partition coefficient (Wildman–Crippen LogP) is 5.57.